The molecule has 1 aromatic rings. The minimum atomic E-state index is 0.610. The van der Waals surface area contributed by atoms with Crippen LogP contribution < -0.4 is 11.1 Å². The Labute approximate surface area is 97.5 Å². The van der Waals surface area contributed by atoms with Crippen molar-refractivity contribution in [1.29, 1.82) is 0 Å². The summed E-state index contributed by atoms with van der Waals surface area (Å²) in [5.74, 6) is 0. The number of nitrogens with two attached hydrogens (primary N) is 1. The van der Waals surface area contributed by atoms with Gasteiger partial charge in [-0.3, -0.25) is 0 Å². The normalized spacial score (nSPS) is 17.0. The molecular weight excluding hydrogens is 196 g/mol. The lowest BCUT2D eigenvalue weighted by atomic mass is 9.95. The fourth-order valence-electron chi connectivity index (χ4n) is 2.26. The van der Waals surface area contributed by atoms with E-state index < -0.39 is 0 Å². The van der Waals surface area contributed by atoms with Gasteiger partial charge in [-0.15, -0.1) is 0 Å². The van der Waals surface area contributed by atoms with E-state index >= 15 is 0 Å². The molecule has 0 bridgehead atoms. The van der Waals surface area contributed by atoms with Gasteiger partial charge in [0.25, 0.3) is 0 Å². The van der Waals surface area contributed by atoms with Crippen LogP contribution >= 0.6 is 0 Å². The Morgan fingerprint density at radius 2 is 1.75 bits per heavy atom. The van der Waals surface area contributed by atoms with Gasteiger partial charge in [-0.25, -0.2) is 0 Å². The van der Waals surface area contributed by atoms with E-state index in [4.69, 9.17) is 5.73 Å². The van der Waals surface area contributed by atoms with Crippen molar-refractivity contribution in [2.45, 2.75) is 38.1 Å². The van der Waals surface area contributed by atoms with E-state index in [1.165, 1.54) is 32.1 Å². The zero-order valence-corrected chi connectivity index (χ0v) is 9.71. The smallest absolute Gasteiger partial charge is 0.0342 e. The van der Waals surface area contributed by atoms with E-state index in [0.717, 1.165) is 16.9 Å². The second-order valence-corrected chi connectivity index (χ2v) is 4.58. The van der Waals surface area contributed by atoms with Gasteiger partial charge in [0.15, 0.2) is 0 Å². The highest BCUT2D eigenvalue weighted by atomic mass is 14.9. The maximum absolute atomic E-state index is 5.66. The van der Waals surface area contributed by atoms with Crippen molar-refractivity contribution < 1.29 is 0 Å². The summed E-state index contributed by atoms with van der Waals surface area (Å²) in [7, 11) is 0. The second-order valence-electron chi connectivity index (χ2n) is 4.58. The number of rotatable bonds is 3. The third-order valence-corrected chi connectivity index (χ3v) is 3.24. The molecule has 3 N–H and O–H groups in total. The fraction of sp³-hybridized carbons (Fsp3) is 0.429. The molecule has 0 heterocycles. The summed E-state index contributed by atoms with van der Waals surface area (Å²) < 4.78 is 0. The number of benzene rings is 1. The van der Waals surface area contributed by atoms with Crippen molar-refractivity contribution in [2.24, 2.45) is 0 Å². The average Bonchev–Trinajstić information content (AvgIpc) is 2.31. The van der Waals surface area contributed by atoms with Crippen molar-refractivity contribution in [3.05, 3.63) is 36.4 Å². The largest absolute Gasteiger partial charge is 0.399 e. The molecule has 1 aliphatic carbocycles. The molecule has 86 valence electrons. The van der Waals surface area contributed by atoms with Crippen LogP contribution in [0.3, 0.4) is 0 Å². The van der Waals surface area contributed by atoms with Gasteiger partial charge >= 0.3 is 0 Å². The summed E-state index contributed by atoms with van der Waals surface area (Å²) >= 11 is 0. The highest BCUT2D eigenvalue weighted by Crippen LogP contribution is 2.20. The van der Waals surface area contributed by atoms with Crippen LogP contribution in [-0.4, -0.2) is 6.04 Å². The van der Waals surface area contributed by atoms with E-state index in [2.05, 4.69) is 11.9 Å². The highest BCUT2D eigenvalue weighted by Gasteiger charge is 2.13. The first-order valence-corrected chi connectivity index (χ1v) is 6.07. The zero-order valence-electron chi connectivity index (χ0n) is 9.71. The van der Waals surface area contributed by atoms with Gasteiger partial charge in [-0.1, -0.05) is 38.0 Å². The molecule has 2 rings (SSSR count). The zero-order chi connectivity index (χ0) is 11.4. The van der Waals surface area contributed by atoms with E-state index in [-0.39, 0.29) is 0 Å². The Balaban J connectivity index is 1.94. The average molecular weight is 216 g/mol. The van der Waals surface area contributed by atoms with Gasteiger partial charge in [-0.2, -0.15) is 0 Å². The number of nitrogen functional groups attached to an aromatic ring is 1. The first kappa shape index (κ1) is 11.1. The first-order chi connectivity index (χ1) is 7.75. The molecule has 0 spiro atoms. The van der Waals surface area contributed by atoms with Gasteiger partial charge < -0.3 is 11.1 Å². The highest BCUT2D eigenvalue weighted by molar-refractivity contribution is 5.63. The van der Waals surface area contributed by atoms with E-state index in [9.17, 15) is 0 Å². The monoisotopic (exact) mass is 216 g/mol. The van der Waals surface area contributed by atoms with Crippen LogP contribution in [0.25, 0.3) is 5.70 Å². The lowest BCUT2D eigenvalue weighted by Gasteiger charge is -2.25. The lowest BCUT2D eigenvalue weighted by molar-refractivity contribution is 0.409. The molecule has 1 aromatic carbocycles. The fourth-order valence-corrected chi connectivity index (χ4v) is 2.26. The van der Waals surface area contributed by atoms with Gasteiger partial charge in [0.2, 0.25) is 0 Å². The molecule has 16 heavy (non-hydrogen) atoms. The maximum Gasteiger partial charge on any atom is 0.0342 e. The molecule has 2 nitrogen and oxygen atoms in total. The Kier molecular flexibility index (Phi) is 3.50. The Morgan fingerprint density at radius 3 is 2.38 bits per heavy atom. The molecule has 2 heteroatoms. The van der Waals surface area contributed by atoms with Crippen LogP contribution in [0.5, 0.6) is 0 Å². The Bertz CT molecular complexity index is 348. The van der Waals surface area contributed by atoms with Crippen molar-refractivity contribution in [2.75, 3.05) is 5.73 Å². The summed E-state index contributed by atoms with van der Waals surface area (Å²) in [6.45, 7) is 4.10. The molecule has 0 saturated heterocycles. The third kappa shape index (κ3) is 2.78. The van der Waals surface area contributed by atoms with Crippen LogP contribution in [0.2, 0.25) is 0 Å². The van der Waals surface area contributed by atoms with E-state index in [1.807, 2.05) is 24.3 Å². The molecule has 0 aromatic heterocycles. The van der Waals surface area contributed by atoms with E-state index in [1.54, 1.807) is 0 Å². The SMILES string of the molecule is C=C(NC1CCCCC1)c1ccc(N)cc1. The molecule has 0 atom stereocenters. The van der Waals surface area contributed by atoms with Crippen LogP contribution in [0.1, 0.15) is 37.7 Å². The molecule has 1 fully saturated rings. The van der Waals surface area contributed by atoms with E-state index in [0.29, 0.717) is 6.04 Å². The van der Waals surface area contributed by atoms with Crippen molar-refractivity contribution >= 4 is 11.4 Å². The van der Waals surface area contributed by atoms with Crippen molar-refractivity contribution in [3.63, 3.8) is 0 Å². The van der Waals surface area contributed by atoms with Crippen molar-refractivity contribution in [3.8, 4) is 0 Å². The van der Waals surface area contributed by atoms with Crippen LogP contribution in [0.4, 0.5) is 5.69 Å². The van der Waals surface area contributed by atoms with Crippen molar-refractivity contribution in [1.82, 2.24) is 5.32 Å². The predicted molar refractivity (Wildman–Crippen MR) is 69.9 cm³/mol. The van der Waals surface area contributed by atoms with Crippen LogP contribution in [0.15, 0.2) is 30.8 Å². The van der Waals surface area contributed by atoms with Gasteiger partial charge in [0.1, 0.15) is 0 Å². The Morgan fingerprint density at radius 1 is 1.12 bits per heavy atom. The standard InChI is InChI=1S/C14H20N2/c1-11(12-7-9-13(15)10-8-12)16-14-5-3-2-4-6-14/h7-10,14,16H,1-6,15H2. The second kappa shape index (κ2) is 5.06. The lowest BCUT2D eigenvalue weighted by Crippen LogP contribution is -2.29. The summed E-state index contributed by atoms with van der Waals surface area (Å²) in [4.78, 5) is 0. The van der Waals surface area contributed by atoms with Gasteiger partial charge in [0, 0.05) is 17.4 Å². The van der Waals surface area contributed by atoms with Gasteiger partial charge in [0.05, 0.1) is 0 Å². The molecule has 0 radical (unpaired) electrons. The number of nitrogens with one attached hydrogen (secondary N) is 1. The molecule has 0 aliphatic heterocycles. The minimum absolute atomic E-state index is 0.610. The third-order valence-electron chi connectivity index (χ3n) is 3.24. The van der Waals surface area contributed by atoms with Crippen LogP contribution in [-0.2, 0) is 0 Å². The number of anilines is 1. The first-order valence-electron chi connectivity index (χ1n) is 6.07. The molecule has 0 amide bonds. The maximum atomic E-state index is 5.66. The molecule has 1 saturated carbocycles. The molecular formula is C14H20N2. The van der Waals surface area contributed by atoms with Crippen LogP contribution in [0, 0.1) is 0 Å². The number of hydrogen-bond acceptors (Lipinski definition) is 2. The minimum Gasteiger partial charge on any atom is -0.399 e. The summed E-state index contributed by atoms with van der Waals surface area (Å²) in [5, 5.41) is 3.52. The number of hydrogen-bond donors (Lipinski definition) is 2. The summed E-state index contributed by atoms with van der Waals surface area (Å²) in [6, 6.07) is 8.49. The molecule has 1 aliphatic rings. The topological polar surface area (TPSA) is 38.0 Å². The summed E-state index contributed by atoms with van der Waals surface area (Å²) in [5.41, 5.74) is 8.62. The van der Waals surface area contributed by atoms with Gasteiger partial charge in [-0.05, 0) is 30.5 Å². The predicted octanol–water partition coefficient (Wildman–Crippen LogP) is 3.16. The summed E-state index contributed by atoms with van der Waals surface area (Å²) in [6.07, 6.45) is 6.61. The Hall–Kier alpha value is -1.44. The molecule has 0 unspecified atom stereocenters. The quantitative estimate of drug-likeness (QED) is 0.762.